The first-order valence-corrected chi connectivity index (χ1v) is 7.64. The molecular weight excluding hydrogens is 309 g/mol. The van der Waals surface area contributed by atoms with Crippen molar-refractivity contribution in [1.82, 2.24) is 0 Å². The zero-order chi connectivity index (χ0) is 14.9. The van der Waals surface area contributed by atoms with Gasteiger partial charge in [0.2, 0.25) is 10.0 Å². The number of aliphatic carboxylic acids is 1. The highest BCUT2D eigenvalue weighted by atomic mass is 35.5. The first-order chi connectivity index (χ1) is 9.31. The first kappa shape index (κ1) is 14.8. The van der Waals surface area contributed by atoms with E-state index in [1.54, 1.807) is 0 Å². The smallest absolute Gasteiger partial charge is 0.332 e. The normalized spacial score (nSPS) is 18.7. The quantitative estimate of drug-likeness (QED) is 0.892. The number of sulfonamides is 1. The molecule has 2 rings (SSSR count). The molecule has 0 aromatic heterocycles. The first-order valence-electron chi connectivity index (χ1n) is 5.71. The molecule has 0 fully saturated rings. The summed E-state index contributed by atoms with van der Waals surface area (Å²) in [7, 11) is -3.95. The summed E-state index contributed by atoms with van der Waals surface area (Å²) in [5.41, 5.74) is -0.138. The molecule has 1 atom stereocenters. The van der Waals surface area contributed by atoms with Crippen molar-refractivity contribution in [3.63, 3.8) is 0 Å². The number of hydrogen-bond donors (Lipinski definition) is 2. The van der Waals surface area contributed by atoms with Crippen LogP contribution in [0.1, 0.15) is 12.8 Å². The highest BCUT2D eigenvalue weighted by Crippen LogP contribution is 2.30. The molecule has 2 N–H and O–H groups in total. The molecule has 0 radical (unpaired) electrons. The van der Waals surface area contributed by atoms with Gasteiger partial charge < -0.3 is 5.11 Å². The third-order valence-electron chi connectivity index (χ3n) is 2.94. The molecule has 108 valence electrons. The van der Waals surface area contributed by atoms with Gasteiger partial charge in [0.15, 0.2) is 0 Å². The molecule has 1 aromatic rings. The van der Waals surface area contributed by atoms with Gasteiger partial charge in [-0.1, -0.05) is 17.7 Å². The molecule has 20 heavy (non-hydrogen) atoms. The molecule has 1 aliphatic rings. The average Bonchev–Trinajstić information content (AvgIpc) is 2.82. The molecule has 0 amide bonds. The number of nitrogens with one attached hydrogen (secondary N) is 1. The number of carboxylic acids is 1. The monoisotopic (exact) mass is 319 g/mol. The summed E-state index contributed by atoms with van der Waals surface area (Å²) in [4.78, 5) is 11.0. The fourth-order valence-corrected chi connectivity index (χ4v) is 3.90. The SMILES string of the molecule is O=C(O)C1=CCCC1S(=O)(=O)Nc1ccc(F)cc1Cl. The molecule has 1 aromatic carbocycles. The molecule has 0 spiro atoms. The van der Waals surface area contributed by atoms with Crippen LogP contribution in [-0.2, 0) is 14.8 Å². The molecule has 1 aliphatic carbocycles. The van der Waals surface area contributed by atoms with Crippen molar-refractivity contribution in [1.29, 1.82) is 0 Å². The summed E-state index contributed by atoms with van der Waals surface area (Å²) in [6.45, 7) is 0. The molecule has 0 aliphatic heterocycles. The summed E-state index contributed by atoms with van der Waals surface area (Å²) in [5.74, 6) is -1.85. The second-order valence-corrected chi connectivity index (χ2v) is 6.57. The largest absolute Gasteiger partial charge is 0.478 e. The third-order valence-corrected chi connectivity index (χ3v) is 5.00. The Hall–Kier alpha value is -1.60. The number of allylic oxidation sites excluding steroid dienone is 1. The molecule has 0 saturated carbocycles. The van der Waals surface area contributed by atoms with Crippen LogP contribution in [0, 0.1) is 5.82 Å². The number of carbonyl (C=O) groups is 1. The zero-order valence-corrected chi connectivity index (χ0v) is 11.7. The summed E-state index contributed by atoms with van der Waals surface area (Å²) >= 11 is 5.74. The lowest BCUT2D eigenvalue weighted by Crippen LogP contribution is -2.30. The standard InChI is InChI=1S/C12H11ClFNO4S/c13-9-6-7(14)4-5-10(9)15-20(18,19)11-3-1-2-8(11)12(16)17/h2,4-6,11,15H,1,3H2,(H,16,17). The number of anilines is 1. The van der Waals surface area contributed by atoms with Crippen LogP contribution in [0.15, 0.2) is 29.8 Å². The Labute approximate surface area is 120 Å². The van der Waals surface area contributed by atoms with Gasteiger partial charge in [0.05, 0.1) is 16.3 Å². The van der Waals surface area contributed by atoms with Crippen LogP contribution in [0.2, 0.25) is 5.02 Å². The minimum absolute atomic E-state index is 0.0182. The van der Waals surface area contributed by atoms with Crippen LogP contribution in [0.3, 0.4) is 0 Å². The number of benzene rings is 1. The molecule has 0 saturated heterocycles. The van der Waals surface area contributed by atoms with E-state index in [4.69, 9.17) is 16.7 Å². The predicted octanol–water partition coefficient (Wildman–Crippen LogP) is 2.39. The van der Waals surface area contributed by atoms with Crippen LogP contribution in [-0.4, -0.2) is 24.7 Å². The molecule has 8 heteroatoms. The van der Waals surface area contributed by atoms with Crippen molar-refractivity contribution in [2.24, 2.45) is 0 Å². The Morgan fingerprint density at radius 3 is 2.75 bits per heavy atom. The maximum Gasteiger partial charge on any atom is 0.332 e. The number of hydrogen-bond acceptors (Lipinski definition) is 3. The fraction of sp³-hybridized carbons (Fsp3) is 0.250. The van der Waals surface area contributed by atoms with Crippen LogP contribution in [0.5, 0.6) is 0 Å². The van der Waals surface area contributed by atoms with Gasteiger partial charge in [-0.05, 0) is 31.0 Å². The molecule has 5 nitrogen and oxygen atoms in total. The van der Waals surface area contributed by atoms with Gasteiger partial charge in [0.1, 0.15) is 11.1 Å². The van der Waals surface area contributed by atoms with E-state index in [-0.39, 0.29) is 22.7 Å². The molecular formula is C12H11ClFNO4S. The van der Waals surface area contributed by atoms with E-state index in [2.05, 4.69) is 4.72 Å². The molecule has 0 bridgehead atoms. The third kappa shape index (κ3) is 2.94. The van der Waals surface area contributed by atoms with Crippen LogP contribution in [0.4, 0.5) is 10.1 Å². The van der Waals surface area contributed by atoms with E-state index < -0.39 is 27.1 Å². The van der Waals surface area contributed by atoms with Gasteiger partial charge in [0, 0.05) is 0 Å². The Bertz CT molecular complexity index is 687. The lowest BCUT2D eigenvalue weighted by molar-refractivity contribution is -0.132. The zero-order valence-electron chi connectivity index (χ0n) is 10.1. The van der Waals surface area contributed by atoms with E-state index in [9.17, 15) is 17.6 Å². The maximum absolute atomic E-state index is 12.9. The van der Waals surface area contributed by atoms with Crippen molar-refractivity contribution in [2.45, 2.75) is 18.1 Å². The number of carboxylic acid groups (broad SMARTS) is 1. The minimum Gasteiger partial charge on any atom is -0.478 e. The van der Waals surface area contributed by atoms with E-state index in [1.807, 2.05) is 0 Å². The minimum atomic E-state index is -3.95. The second kappa shape index (κ2) is 5.41. The van der Waals surface area contributed by atoms with Crippen LogP contribution in [0.25, 0.3) is 0 Å². The van der Waals surface area contributed by atoms with E-state index in [1.165, 1.54) is 12.1 Å². The lowest BCUT2D eigenvalue weighted by atomic mass is 10.2. The van der Waals surface area contributed by atoms with Crippen molar-refractivity contribution in [2.75, 3.05) is 4.72 Å². The topological polar surface area (TPSA) is 83.5 Å². The highest BCUT2D eigenvalue weighted by Gasteiger charge is 2.35. The predicted molar refractivity (Wildman–Crippen MR) is 72.7 cm³/mol. The number of halogens is 2. The van der Waals surface area contributed by atoms with Crippen LogP contribution < -0.4 is 4.72 Å². The van der Waals surface area contributed by atoms with Gasteiger partial charge in [0.25, 0.3) is 0 Å². The summed E-state index contributed by atoms with van der Waals surface area (Å²) in [6, 6.07) is 3.22. The van der Waals surface area contributed by atoms with E-state index in [0.717, 1.165) is 12.1 Å². The lowest BCUT2D eigenvalue weighted by Gasteiger charge is -2.16. The van der Waals surface area contributed by atoms with Gasteiger partial charge in [-0.25, -0.2) is 17.6 Å². The van der Waals surface area contributed by atoms with E-state index in [0.29, 0.717) is 6.42 Å². The Morgan fingerprint density at radius 2 is 2.15 bits per heavy atom. The summed E-state index contributed by atoms with van der Waals surface area (Å²) in [6.07, 6.45) is 1.96. The van der Waals surface area contributed by atoms with Gasteiger partial charge >= 0.3 is 5.97 Å². The van der Waals surface area contributed by atoms with Crippen molar-refractivity contribution >= 4 is 33.3 Å². The second-order valence-electron chi connectivity index (χ2n) is 4.30. The van der Waals surface area contributed by atoms with Crippen molar-refractivity contribution in [3.8, 4) is 0 Å². The van der Waals surface area contributed by atoms with Crippen molar-refractivity contribution in [3.05, 3.63) is 40.7 Å². The van der Waals surface area contributed by atoms with Gasteiger partial charge in [-0.15, -0.1) is 0 Å². The van der Waals surface area contributed by atoms with Crippen LogP contribution >= 0.6 is 11.6 Å². The summed E-state index contributed by atoms with van der Waals surface area (Å²) in [5, 5.41) is 7.74. The highest BCUT2D eigenvalue weighted by molar-refractivity contribution is 7.93. The van der Waals surface area contributed by atoms with Crippen molar-refractivity contribution < 1.29 is 22.7 Å². The van der Waals surface area contributed by atoms with E-state index >= 15 is 0 Å². The maximum atomic E-state index is 12.9. The van der Waals surface area contributed by atoms with Gasteiger partial charge in [-0.3, -0.25) is 4.72 Å². The number of rotatable bonds is 4. The van der Waals surface area contributed by atoms with Gasteiger partial charge in [-0.2, -0.15) is 0 Å². The molecule has 1 unspecified atom stereocenters. The Kier molecular flexibility index (Phi) is 4.01. The average molecular weight is 320 g/mol. The molecule has 0 heterocycles. The Morgan fingerprint density at radius 1 is 1.45 bits per heavy atom. The summed E-state index contributed by atoms with van der Waals surface area (Å²) < 4.78 is 39.5. The Balaban J connectivity index is 2.28. The fourth-order valence-electron chi connectivity index (χ4n) is 2.02.